The fraction of sp³-hybridized carbons (Fsp3) is 0.533. The fourth-order valence-corrected chi connectivity index (χ4v) is 2.46. The van der Waals surface area contributed by atoms with E-state index in [-0.39, 0.29) is 6.10 Å². The van der Waals surface area contributed by atoms with Crippen molar-refractivity contribution in [1.29, 1.82) is 0 Å². The molecule has 1 aliphatic carbocycles. The van der Waals surface area contributed by atoms with E-state index in [1.54, 1.807) is 0 Å². The molecule has 93 valence electrons. The largest absolute Gasteiger partial charge is 0.390 e. The van der Waals surface area contributed by atoms with Crippen LogP contribution in [0.2, 0.25) is 0 Å². The number of hydrogen-bond acceptors (Lipinski definition) is 2. The Morgan fingerprint density at radius 2 is 1.88 bits per heavy atom. The van der Waals surface area contributed by atoms with Gasteiger partial charge >= 0.3 is 0 Å². The van der Waals surface area contributed by atoms with Crippen LogP contribution in [0.1, 0.15) is 42.4 Å². The first-order chi connectivity index (χ1) is 8.15. The average molecular weight is 233 g/mol. The molecule has 1 unspecified atom stereocenters. The highest BCUT2D eigenvalue weighted by molar-refractivity contribution is 5.28. The van der Waals surface area contributed by atoms with Crippen molar-refractivity contribution in [3.05, 3.63) is 41.0 Å². The van der Waals surface area contributed by atoms with Gasteiger partial charge in [0.05, 0.1) is 12.7 Å². The van der Waals surface area contributed by atoms with Gasteiger partial charge in [-0.1, -0.05) is 42.2 Å². The van der Waals surface area contributed by atoms with Crippen LogP contribution in [0.4, 0.5) is 0 Å². The maximum absolute atomic E-state index is 9.79. The van der Waals surface area contributed by atoms with E-state index in [1.807, 2.05) is 0 Å². The second-order valence-corrected chi connectivity index (χ2v) is 5.01. The van der Waals surface area contributed by atoms with E-state index in [2.05, 4.69) is 32.0 Å². The molecule has 1 atom stereocenters. The number of hydrogen-bond donors (Lipinski definition) is 1. The summed E-state index contributed by atoms with van der Waals surface area (Å²) in [5.74, 6) is 0. The zero-order valence-electron chi connectivity index (χ0n) is 10.7. The lowest BCUT2D eigenvalue weighted by molar-refractivity contribution is 0.00914. The summed E-state index contributed by atoms with van der Waals surface area (Å²) in [6, 6.07) is 6.44. The van der Waals surface area contributed by atoms with Crippen LogP contribution in [-0.2, 0) is 11.3 Å². The SMILES string of the molecule is Cc1cc(C)cc(CO[C]2CCCCC2O)c1. The monoisotopic (exact) mass is 233 g/mol. The van der Waals surface area contributed by atoms with E-state index in [4.69, 9.17) is 4.74 Å². The molecular formula is C15H21O2. The second-order valence-electron chi connectivity index (χ2n) is 5.01. The molecule has 1 N–H and O–H groups in total. The highest BCUT2D eigenvalue weighted by Gasteiger charge is 2.24. The molecule has 17 heavy (non-hydrogen) atoms. The molecule has 1 fully saturated rings. The standard InChI is InChI=1S/C15H21O2/c1-11-7-12(2)9-13(8-11)10-17-15-6-4-3-5-14(15)16/h7-9,14,16H,3-6,10H2,1-2H3. The van der Waals surface area contributed by atoms with Crippen LogP contribution >= 0.6 is 0 Å². The Labute approximate surface area is 104 Å². The molecule has 0 aliphatic heterocycles. The molecule has 0 amide bonds. The first kappa shape index (κ1) is 12.6. The van der Waals surface area contributed by atoms with Crippen molar-refractivity contribution in [2.75, 3.05) is 0 Å². The van der Waals surface area contributed by atoms with Gasteiger partial charge in [-0.05, 0) is 32.3 Å². The van der Waals surface area contributed by atoms with E-state index >= 15 is 0 Å². The molecule has 1 aliphatic rings. The third kappa shape index (κ3) is 3.55. The molecule has 0 spiro atoms. The topological polar surface area (TPSA) is 29.5 Å². The van der Waals surface area contributed by atoms with Gasteiger partial charge in [-0.3, -0.25) is 0 Å². The minimum Gasteiger partial charge on any atom is -0.390 e. The summed E-state index contributed by atoms with van der Waals surface area (Å²) in [6.45, 7) is 4.77. The highest BCUT2D eigenvalue weighted by atomic mass is 16.5. The van der Waals surface area contributed by atoms with Gasteiger partial charge < -0.3 is 9.84 Å². The van der Waals surface area contributed by atoms with Gasteiger partial charge in [-0.25, -0.2) is 0 Å². The second kappa shape index (κ2) is 5.65. The maximum Gasteiger partial charge on any atom is 0.126 e. The minimum absolute atomic E-state index is 0.352. The Hall–Kier alpha value is -0.860. The van der Waals surface area contributed by atoms with Gasteiger partial charge in [0.2, 0.25) is 0 Å². The van der Waals surface area contributed by atoms with Gasteiger partial charge in [-0.15, -0.1) is 0 Å². The van der Waals surface area contributed by atoms with E-state index in [1.165, 1.54) is 16.7 Å². The number of benzene rings is 1. The molecule has 0 heterocycles. The smallest absolute Gasteiger partial charge is 0.126 e. The third-order valence-electron chi connectivity index (χ3n) is 3.23. The molecule has 1 aromatic rings. The van der Waals surface area contributed by atoms with Crippen LogP contribution in [0.25, 0.3) is 0 Å². The van der Waals surface area contributed by atoms with Gasteiger partial charge in [-0.2, -0.15) is 0 Å². The van der Waals surface area contributed by atoms with E-state index < -0.39 is 0 Å². The van der Waals surface area contributed by atoms with Crippen LogP contribution in [0.15, 0.2) is 18.2 Å². The number of rotatable bonds is 3. The summed E-state index contributed by atoms with van der Waals surface area (Å²) in [6.07, 6.45) is 4.52. The van der Waals surface area contributed by atoms with Gasteiger partial charge in [0.15, 0.2) is 0 Å². The lowest BCUT2D eigenvalue weighted by Gasteiger charge is -2.26. The molecule has 0 aromatic heterocycles. The summed E-state index contributed by atoms with van der Waals surface area (Å²) in [5, 5.41) is 9.79. The predicted octanol–water partition coefficient (Wildman–Crippen LogP) is 3.29. The lowest BCUT2D eigenvalue weighted by atomic mass is 9.95. The number of aryl methyl sites for hydroxylation is 2. The van der Waals surface area contributed by atoms with Gasteiger partial charge in [0.1, 0.15) is 6.10 Å². The van der Waals surface area contributed by atoms with Crippen molar-refractivity contribution in [1.82, 2.24) is 0 Å². The Morgan fingerprint density at radius 1 is 1.18 bits per heavy atom. The zero-order valence-corrected chi connectivity index (χ0v) is 10.7. The first-order valence-corrected chi connectivity index (χ1v) is 6.39. The summed E-state index contributed by atoms with van der Waals surface area (Å²) >= 11 is 0. The lowest BCUT2D eigenvalue weighted by Crippen LogP contribution is -2.24. The van der Waals surface area contributed by atoms with E-state index in [9.17, 15) is 5.11 Å². The maximum atomic E-state index is 9.79. The summed E-state index contributed by atoms with van der Waals surface area (Å²) in [5.41, 5.74) is 3.71. The Balaban J connectivity index is 1.92. The van der Waals surface area contributed by atoms with Crippen LogP contribution in [-0.4, -0.2) is 11.2 Å². The Morgan fingerprint density at radius 3 is 2.53 bits per heavy atom. The predicted molar refractivity (Wildman–Crippen MR) is 68.4 cm³/mol. The first-order valence-electron chi connectivity index (χ1n) is 6.39. The number of ether oxygens (including phenoxy) is 1. The van der Waals surface area contributed by atoms with Crippen molar-refractivity contribution in [3.8, 4) is 0 Å². The minimum atomic E-state index is -0.352. The molecule has 2 heteroatoms. The molecule has 2 nitrogen and oxygen atoms in total. The van der Waals surface area contributed by atoms with Crippen molar-refractivity contribution >= 4 is 0 Å². The van der Waals surface area contributed by atoms with Crippen LogP contribution in [0, 0.1) is 20.0 Å². The van der Waals surface area contributed by atoms with Crippen molar-refractivity contribution in [3.63, 3.8) is 0 Å². The molecule has 2 rings (SSSR count). The van der Waals surface area contributed by atoms with Gasteiger partial charge in [0, 0.05) is 0 Å². The molecule has 1 saturated carbocycles. The van der Waals surface area contributed by atoms with Crippen LogP contribution in [0.5, 0.6) is 0 Å². The fourth-order valence-electron chi connectivity index (χ4n) is 2.46. The van der Waals surface area contributed by atoms with E-state index in [0.29, 0.717) is 6.61 Å². The molecular weight excluding hydrogens is 212 g/mol. The third-order valence-corrected chi connectivity index (χ3v) is 3.23. The molecule has 1 radical (unpaired) electrons. The summed E-state index contributed by atoms with van der Waals surface area (Å²) in [4.78, 5) is 0. The summed E-state index contributed by atoms with van der Waals surface area (Å²) < 4.78 is 5.76. The van der Waals surface area contributed by atoms with Crippen LogP contribution < -0.4 is 0 Å². The average Bonchev–Trinajstić information content (AvgIpc) is 2.27. The molecule has 0 bridgehead atoms. The van der Waals surface area contributed by atoms with Crippen LogP contribution in [0.3, 0.4) is 0 Å². The Kier molecular flexibility index (Phi) is 4.19. The quantitative estimate of drug-likeness (QED) is 0.868. The van der Waals surface area contributed by atoms with Gasteiger partial charge in [0.25, 0.3) is 0 Å². The van der Waals surface area contributed by atoms with Crippen molar-refractivity contribution < 1.29 is 9.84 Å². The Bertz CT molecular complexity index is 353. The number of aliphatic hydroxyl groups is 1. The molecule has 0 saturated heterocycles. The summed E-state index contributed by atoms with van der Waals surface area (Å²) in [7, 11) is 0. The highest BCUT2D eigenvalue weighted by Crippen LogP contribution is 2.28. The van der Waals surface area contributed by atoms with E-state index in [0.717, 1.165) is 31.8 Å². The normalized spacial score (nSPS) is 21.7. The van der Waals surface area contributed by atoms with Crippen molar-refractivity contribution in [2.24, 2.45) is 0 Å². The molecule has 1 aromatic carbocycles. The number of aliphatic hydroxyl groups excluding tert-OH is 1. The zero-order chi connectivity index (χ0) is 12.3. The van der Waals surface area contributed by atoms with Crippen molar-refractivity contribution in [2.45, 2.75) is 52.2 Å².